The lowest BCUT2D eigenvalue weighted by Crippen LogP contribution is -2.47. The van der Waals surface area contributed by atoms with E-state index < -0.39 is 17.7 Å². The molecule has 0 fully saturated rings. The number of ether oxygens (including phenoxy) is 2. The molecule has 196 valence electrons. The molecule has 1 atom stereocenters. The van der Waals surface area contributed by atoms with Gasteiger partial charge in [-0.3, -0.25) is 9.59 Å². The zero-order valence-electron chi connectivity index (χ0n) is 22.2. The van der Waals surface area contributed by atoms with E-state index in [4.69, 9.17) is 9.47 Å². The van der Waals surface area contributed by atoms with Crippen LogP contribution in [0.1, 0.15) is 64.1 Å². The van der Waals surface area contributed by atoms with Crippen LogP contribution in [-0.2, 0) is 14.3 Å². The molecule has 0 aliphatic rings. The fourth-order valence-corrected chi connectivity index (χ4v) is 3.60. The molecule has 0 saturated heterocycles. The molecular weight excluding hydrogens is 458 g/mol. The molecule has 2 N–H and O–H groups in total. The Bertz CT molecular complexity index is 997. The lowest BCUT2D eigenvalue weighted by Gasteiger charge is -2.32. The number of benzene rings is 2. The summed E-state index contributed by atoms with van der Waals surface area (Å²) >= 11 is 0. The number of amides is 3. The smallest absolute Gasteiger partial charge is 0.408 e. The highest BCUT2D eigenvalue weighted by Gasteiger charge is 2.31. The van der Waals surface area contributed by atoms with Crippen molar-refractivity contribution in [2.75, 3.05) is 25.5 Å². The minimum Gasteiger partial charge on any atom is -0.497 e. The number of hydrogen-bond acceptors (Lipinski definition) is 5. The minimum atomic E-state index is -0.877. The predicted octanol–water partition coefficient (Wildman–Crippen LogP) is 5.23. The summed E-state index contributed by atoms with van der Waals surface area (Å²) in [5.74, 6) is -0.0359. The van der Waals surface area contributed by atoms with Crippen LogP contribution in [0.15, 0.2) is 48.5 Å². The first-order valence-electron chi connectivity index (χ1n) is 12.3. The monoisotopic (exact) mass is 497 g/mol. The van der Waals surface area contributed by atoms with Gasteiger partial charge in [0.05, 0.1) is 7.11 Å². The van der Waals surface area contributed by atoms with Crippen molar-refractivity contribution in [3.8, 4) is 5.75 Å². The van der Waals surface area contributed by atoms with Gasteiger partial charge in [0.2, 0.25) is 5.91 Å². The molecule has 8 nitrogen and oxygen atoms in total. The number of anilines is 1. The molecule has 36 heavy (non-hydrogen) atoms. The third-order valence-electron chi connectivity index (χ3n) is 5.42. The molecule has 0 radical (unpaired) electrons. The maximum Gasteiger partial charge on any atom is 0.408 e. The maximum absolute atomic E-state index is 13.6. The van der Waals surface area contributed by atoms with Crippen LogP contribution >= 0.6 is 0 Å². The Hall–Kier alpha value is -3.55. The molecule has 0 bridgehead atoms. The number of aryl methyl sites for hydroxylation is 1. The number of methoxy groups -OCH3 is 1. The van der Waals surface area contributed by atoms with Crippen molar-refractivity contribution >= 4 is 23.6 Å². The normalized spacial score (nSPS) is 11.8. The molecule has 0 aliphatic heterocycles. The van der Waals surface area contributed by atoms with Crippen LogP contribution in [0.4, 0.5) is 10.5 Å². The zero-order chi connectivity index (χ0) is 26.7. The summed E-state index contributed by atoms with van der Waals surface area (Å²) in [5, 5.41) is 5.46. The molecule has 8 heteroatoms. The summed E-state index contributed by atoms with van der Waals surface area (Å²) in [6, 6.07) is 13.7. The Labute approximate surface area is 214 Å². The van der Waals surface area contributed by atoms with Gasteiger partial charge in [0.1, 0.15) is 23.9 Å². The van der Waals surface area contributed by atoms with Crippen LogP contribution in [0, 0.1) is 6.92 Å². The van der Waals surface area contributed by atoms with E-state index >= 15 is 0 Å². The summed E-state index contributed by atoms with van der Waals surface area (Å²) in [5.41, 5.74) is 1.64. The van der Waals surface area contributed by atoms with Gasteiger partial charge in [0.15, 0.2) is 0 Å². The second-order valence-corrected chi connectivity index (χ2v) is 9.68. The van der Waals surface area contributed by atoms with Gasteiger partial charge in [-0.15, -0.1) is 0 Å². The topological polar surface area (TPSA) is 97.0 Å². The first-order chi connectivity index (χ1) is 17.0. The van der Waals surface area contributed by atoms with E-state index in [0.717, 1.165) is 24.8 Å². The number of hydrogen-bond donors (Lipinski definition) is 2. The van der Waals surface area contributed by atoms with Crippen molar-refractivity contribution in [1.29, 1.82) is 0 Å². The molecule has 0 spiro atoms. The largest absolute Gasteiger partial charge is 0.497 e. The summed E-state index contributed by atoms with van der Waals surface area (Å²) in [6.45, 7) is 9.39. The van der Waals surface area contributed by atoms with Crippen molar-refractivity contribution in [3.05, 3.63) is 59.7 Å². The standard InChI is InChI=1S/C28H39N3O5/c1-7-8-9-18-31(24(32)19-29-27(34)36-28(3,4)5)25(21-12-10-20(2)11-13-21)26(33)30-22-14-16-23(35-6)17-15-22/h10-17,25H,7-9,18-19H2,1-6H3,(H,29,34)(H,30,33). The Kier molecular flexibility index (Phi) is 10.8. The summed E-state index contributed by atoms with van der Waals surface area (Å²) < 4.78 is 10.5. The molecule has 0 aliphatic carbocycles. The average Bonchev–Trinajstić information content (AvgIpc) is 2.82. The van der Waals surface area contributed by atoms with E-state index in [0.29, 0.717) is 23.5 Å². The first-order valence-corrected chi connectivity index (χ1v) is 12.3. The Balaban J connectivity index is 2.33. The van der Waals surface area contributed by atoms with Crippen molar-refractivity contribution in [1.82, 2.24) is 10.2 Å². The van der Waals surface area contributed by atoms with Crippen LogP contribution < -0.4 is 15.4 Å². The van der Waals surface area contributed by atoms with Crippen LogP contribution in [-0.4, -0.2) is 48.6 Å². The van der Waals surface area contributed by atoms with Gasteiger partial charge >= 0.3 is 6.09 Å². The number of carbonyl (C=O) groups excluding carboxylic acids is 3. The number of rotatable bonds is 11. The summed E-state index contributed by atoms with van der Waals surface area (Å²) in [7, 11) is 1.58. The SMILES string of the molecule is CCCCCN(C(=O)CNC(=O)OC(C)(C)C)C(C(=O)Nc1ccc(OC)cc1)c1ccc(C)cc1. The van der Waals surface area contributed by atoms with Crippen LogP contribution in [0.2, 0.25) is 0 Å². The van der Waals surface area contributed by atoms with Crippen LogP contribution in [0.3, 0.4) is 0 Å². The minimum absolute atomic E-state index is 0.279. The van der Waals surface area contributed by atoms with Gasteiger partial charge in [0.25, 0.3) is 5.91 Å². The number of carbonyl (C=O) groups is 3. The van der Waals surface area contributed by atoms with Crippen molar-refractivity contribution in [3.63, 3.8) is 0 Å². The lowest BCUT2D eigenvalue weighted by molar-refractivity contribution is -0.138. The molecular formula is C28H39N3O5. The Morgan fingerprint density at radius 3 is 2.17 bits per heavy atom. The summed E-state index contributed by atoms with van der Waals surface area (Å²) in [4.78, 5) is 40.7. The molecule has 0 saturated carbocycles. The molecule has 2 aromatic rings. The van der Waals surface area contributed by atoms with Gasteiger partial charge in [-0.25, -0.2) is 4.79 Å². The van der Waals surface area contributed by atoms with E-state index in [1.54, 1.807) is 52.1 Å². The first kappa shape index (κ1) is 28.7. The highest BCUT2D eigenvalue weighted by Crippen LogP contribution is 2.25. The predicted molar refractivity (Wildman–Crippen MR) is 141 cm³/mol. The van der Waals surface area contributed by atoms with Gasteiger partial charge in [-0.05, 0) is 63.9 Å². The number of unbranched alkanes of at least 4 members (excludes halogenated alkanes) is 2. The van der Waals surface area contributed by atoms with Crippen LogP contribution in [0.5, 0.6) is 5.75 Å². The second kappa shape index (κ2) is 13.5. The number of alkyl carbamates (subject to hydrolysis) is 1. The van der Waals surface area contributed by atoms with E-state index in [-0.39, 0.29) is 18.4 Å². The Morgan fingerprint density at radius 2 is 1.61 bits per heavy atom. The van der Waals surface area contributed by atoms with Crippen molar-refractivity contribution < 1.29 is 23.9 Å². The molecule has 1 unspecified atom stereocenters. The third-order valence-corrected chi connectivity index (χ3v) is 5.42. The molecule has 3 amide bonds. The van der Waals surface area contributed by atoms with Crippen LogP contribution in [0.25, 0.3) is 0 Å². The fraction of sp³-hybridized carbons (Fsp3) is 0.464. The highest BCUT2D eigenvalue weighted by atomic mass is 16.6. The Morgan fingerprint density at radius 1 is 0.972 bits per heavy atom. The molecule has 2 rings (SSSR count). The van der Waals surface area contributed by atoms with Crippen molar-refractivity contribution in [2.24, 2.45) is 0 Å². The second-order valence-electron chi connectivity index (χ2n) is 9.68. The van der Waals surface area contributed by atoms with E-state index in [1.807, 2.05) is 31.2 Å². The summed E-state index contributed by atoms with van der Waals surface area (Å²) in [6.07, 6.45) is 1.92. The van der Waals surface area contributed by atoms with E-state index in [2.05, 4.69) is 17.6 Å². The number of nitrogens with zero attached hydrogens (tertiary/aromatic N) is 1. The molecule has 2 aromatic carbocycles. The zero-order valence-corrected chi connectivity index (χ0v) is 22.2. The van der Waals surface area contributed by atoms with Crippen molar-refractivity contribution in [2.45, 2.75) is 65.5 Å². The highest BCUT2D eigenvalue weighted by molar-refractivity contribution is 5.98. The molecule has 0 heterocycles. The maximum atomic E-state index is 13.6. The van der Waals surface area contributed by atoms with Gasteiger partial charge in [-0.1, -0.05) is 49.6 Å². The molecule has 0 aromatic heterocycles. The van der Waals surface area contributed by atoms with Gasteiger partial charge in [0, 0.05) is 12.2 Å². The number of nitrogens with one attached hydrogen (secondary N) is 2. The van der Waals surface area contributed by atoms with E-state index in [9.17, 15) is 14.4 Å². The fourth-order valence-electron chi connectivity index (χ4n) is 3.60. The average molecular weight is 498 g/mol. The quantitative estimate of drug-likeness (QED) is 0.415. The van der Waals surface area contributed by atoms with Gasteiger partial charge in [-0.2, -0.15) is 0 Å². The van der Waals surface area contributed by atoms with Gasteiger partial charge < -0.3 is 25.0 Å². The lowest BCUT2D eigenvalue weighted by atomic mass is 10.0. The van der Waals surface area contributed by atoms with E-state index in [1.165, 1.54) is 4.90 Å². The third kappa shape index (κ3) is 9.24.